The normalized spacial score (nSPS) is 11.3. The van der Waals surface area contributed by atoms with Crippen LogP contribution < -0.4 is 4.90 Å². The predicted molar refractivity (Wildman–Crippen MR) is 253 cm³/mol. The Morgan fingerprint density at radius 1 is 0.267 bits per heavy atom. The van der Waals surface area contributed by atoms with Gasteiger partial charge in [-0.25, -0.2) is 0 Å². The van der Waals surface area contributed by atoms with E-state index in [-0.39, 0.29) is 0 Å². The van der Waals surface area contributed by atoms with E-state index in [1.807, 2.05) is 6.07 Å². The van der Waals surface area contributed by atoms with Crippen molar-refractivity contribution < 1.29 is 4.42 Å². The molecule has 0 saturated carbocycles. The van der Waals surface area contributed by atoms with Crippen LogP contribution in [0.25, 0.3) is 88.3 Å². The molecule has 0 aliphatic rings. The van der Waals surface area contributed by atoms with Gasteiger partial charge in [0.15, 0.2) is 0 Å². The zero-order valence-corrected chi connectivity index (χ0v) is 32.9. The summed E-state index contributed by atoms with van der Waals surface area (Å²) in [6, 6.07) is 84.8. The van der Waals surface area contributed by atoms with E-state index >= 15 is 0 Å². The molecule has 0 radical (unpaired) electrons. The molecule has 0 N–H and O–H groups in total. The van der Waals surface area contributed by atoms with Gasteiger partial charge in [-0.15, -0.1) is 0 Å². The predicted octanol–water partition coefficient (Wildman–Crippen LogP) is 16.5. The van der Waals surface area contributed by atoms with Gasteiger partial charge in [-0.1, -0.05) is 188 Å². The van der Waals surface area contributed by atoms with Crippen molar-refractivity contribution in [2.75, 3.05) is 4.90 Å². The summed E-state index contributed by atoms with van der Waals surface area (Å²) >= 11 is 0. The maximum Gasteiger partial charge on any atom is 0.136 e. The van der Waals surface area contributed by atoms with Gasteiger partial charge in [0.05, 0.1) is 5.69 Å². The Balaban J connectivity index is 1.05. The Labute approximate surface area is 349 Å². The minimum atomic E-state index is 0.906. The van der Waals surface area contributed by atoms with Gasteiger partial charge in [-0.3, -0.25) is 0 Å². The number of rotatable bonds is 8. The molecule has 60 heavy (non-hydrogen) atoms. The van der Waals surface area contributed by atoms with Gasteiger partial charge in [0.1, 0.15) is 11.2 Å². The van der Waals surface area contributed by atoms with Gasteiger partial charge in [0.2, 0.25) is 0 Å². The van der Waals surface area contributed by atoms with Crippen LogP contribution in [0.4, 0.5) is 17.1 Å². The first-order chi connectivity index (χ1) is 29.8. The molecule has 11 aromatic rings. The van der Waals surface area contributed by atoms with E-state index in [9.17, 15) is 0 Å². The van der Waals surface area contributed by atoms with Gasteiger partial charge >= 0.3 is 0 Å². The van der Waals surface area contributed by atoms with Crippen molar-refractivity contribution in [3.8, 4) is 55.6 Å². The van der Waals surface area contributed by atoms with Crippen LogP contribution in [0.15, 0.2) is 241 Å². The fraction of sp³-hybridized carbons (Fsp3) is 0. The fourth-order valence-electron chi connectivity index (χ4n) is 8.82. The molecule has 0 fully saturated rings. The van der Waals surface area contributed by atoms with Gasteiger partial charge in [0.25, 0.3) is 0 Å². The fourth-order valence-corrected chi connectivity index (χ4v) is 8.82. The van der Waals surface area contributed by atoms with Crippen molar-refractivity contribution in [1.82, 2.24) is 0 Å². The third kappa shape index (κ3) is 6.32. The molecular weight excluding hydrogens is 727 g/mol. The summed E-state index contributed by atoms with van der Waals surface area (Å²) in [6.07, 6.45) is 0. The topological polar surface area (TPSA) is 16.4 Å². The van der Waals surface area contributed by atoms with Crippen LogP contribution in [-0.2, 0) is 0 Å². The van der Waals surface area contributed by atoms with Crippen molar-refractivity contribution >= 4 is 49.8 Å². The highest BCUT2D eigenvalue weighted by molar-refractivity contribution is 6.22. The third-order valence-electron chi connectivity index (χ3n) is 11.7. The number of benzene rings is 10. The first kappa shape index (κ1) is 35.2. The van der Waals surface area contributed by atoms with Crippen LogP contribution in [0.3, 0.4) is 0 Å². The second-order valence-corrected chi connectivity index (χ2v) is 15.2. The maximum absolute atomic E-state index is 6.44. The number of hydrogen-bond donors (Lipinski definition) is 0. The molecule has 0 aliphatic heterocycles. The van der Waals surface area contributed by atoms with Crippen LogP contribution in [0, 0.1) is 0 Å². The molecule has 282 valence electrons. The number of furan rings is 1. The smallest absolute Gasteiger partial charge is 0.136 e. The Kier molecular flexibility index (Phi) is 8.87. The first-order valence-corrected chi connectivity index (χ1v) is 20.5. The van der Waals surface area contributed by atoms with Crippen LogP contribution in [0.2, 0.25) is 0 Å². The van der Waals surface area contributed by atoms with Gasteiger partial charge in [0, 0.05) is 27.7 Å². The Morgan fingerprint density at radius 2 is 0.750 bits per heavy atom. The molecule has 0 atom stereocenters. The molecular formula is C58H39NO. The lowest BCUT2D eigenvalue weighted by atomic mass is 9.92. The Morgan fingerprint density at radius 3 is 1.42 bits per heavy atom. The van der Waals surface area contributed by atoms with Gasteiger partial charge in [-0.2, -0.15) is 0 Å². The SMILES string of the molecule is c1ccc(-c2ccc(N(c3ccc(-c4ccc5c(c4)c(-c4ccccc4)cc4oc6ccccc6c45)cc3)c3ccccc3-c3ccccc3-c3ccccc3)cc2)cc1. The van der Waals surface area contributed by atoms with E-state index in [0.717, 1.165) is 61.3 Å². The third-order valence-corrected chi connectivity index (χ3v) is 11.7. The molecule has 0 bridgehead atoms. The van der Waals surface area contributed by atoms with Gasteiger partial charge < -0.3 is 9.32 Å². The van der Waals surface area contributed by atoms with E-state index < -0.39 is 0 Å². The minimum absolute atomic E-state index is 0.906. The Bertz CT molecular complexity index is 3280. The zero-order valence-electron chi connectivity index (χ0n) is 32.9. The average Bonchev–Trinajstić information content (AvgIpc) is 3.71. The first-order valence-electron chi connectivity index (χ1n) is 20.5. The molecule has 0 spiro atoms. The standard InChI is InChI=1S/C58H39NO/c1-4-16-40(17-5-1)41-28-33-46(34-29-41)59(55-26-14-12-24-50(55)49-23-11-10-22-48(49)43-18-6-2-7-19-43)47-35-30-42(31-36-47)45-32-37-51-54(38-45)53(44-20-8-3-9-21-44)39-57-58(51)52-25-13-15-27-56(52)60-57/h1-39H. The molecule has 2 heteroatoms. The monoisotopic (exact) mass is 765 g/mol. The molecule has 1 heterocycles. The van der Waals surface area contributed by atoms with Crippen LogP contribution >= 0.6 is 0 Å². The van der Waals surface area contributed by atoms with E-state index in [1.54, 1.807) is 0 Å². The molecule has 2 nitrogen and oxygen atoms in total. The highest BCUT2D eigenvalue weighted by atomic mass is 16.3. The van der Waals surface area contributed by atoms with E-state index in [1.165, 1.54) is 44.2 Å². The summed E-state index contributed by atoms with van der Waals surface area (Å²) in [5.41, 5.74) is 16.8. The molecule has 10 aromatic carbocycles. The Hall–Kier alpha value is -7.94. The number of hydrogen-bond acceptors (Lipinski definition) is 2. The number of fused-ring (bicyclic) bond motifs is 5. The van der Waals surface area contributed by atoms with Crippen molar-refractivity contribution in [2.24, 2.45) is 0 Å². The minimum Gasteiger partial charge on any atom is -0.456 e. The van der Waals surface area contributed by atoms with Gasteiger partial charge in [-0.05, 0) is 109 Å². The highest BCUT2D eigenvalue weighted by Crippen LogP contribution is 2.45. The molecule has 1 aromatic heterocycles. The van der Waals surface area contributed by atoms with Crippen LogP contribution in [-0.4, -0.2) is 0 Å². The van der Waals surface area contributed by atoms with E-state index in [2.05, 4.69) is 235 Å². The number of nitrogens with zero attached hydrogens (tertiary/aromatic N) is 1. The van der Waals surface area contributed by atoms with Crippen LogP contribution in [0.5, 0.6) is 0 Å². The zero-order chi connectivity index (χ0) is 39.8. The molecule has 11 rings (SSSR count). The second kappa shape index (κ2) is 15.1. The molecule has 0 amide bonds. The summed E-state index contributed by atoms with van der Waals surface area (Å²) in [5.74, 6) is 0. The second-order valence-electron chi connectivity index (χ2n) is 15.2. The maximum atomic E-state index is 6.44. The van der Waals surface area contributed by atoms with Crippen molar-refractivity contribution in [2.45, 2.75) is 0 Å². The van der Waals surface area contributed by atoms with Crippen LogP contribution in [0.1, 0.15) is 0 Å². The number of para-hydroxylation sites is 2. The average molecular weight is 766 g/mol. The summed E-state index contributed by atoms with van der Waals surface area (Å²) < 4.78 is 6.44. The highest BCUT2D eigenvalue weighted by Gasteiger charge is 2.20. The largest absolute Gasteiger partial charge is 0.456 e. The lowest BCUT2D eigenvalue weighted by Gasteiger charge is -2.29. The molecule has 0 unspecified atom stereocenters. The number of anilines is 3. The van der Waals surface area contributed by atoms with E-state index in [0.29, 0.717) is 0 Å². The summed E-state index contributed by atoms with van der Waals surface area (Å²) in [4.78, 5) is 2.39. The summed E-state index contributed by atoms with van der Waals surface area (Å²) in [5, 5.41) is 4.68. The molecule has 0 saturated heterocycles. The lowest BCUT2D eigenvalue weighted by molar-refractivity contribution is 0.669. The summed E-state index contributed by atoms with van der Waals surface area (Å²) in [6.45, 7) is 0. The summed E-state index contributed by atoms with van der Waals surface area (Å²) in [7, 11) is 0. The lowest BCUT2D eigenvalue weighted by Crippen LogP contribution is -2.11. The molecule has 0 aliphatic carbocycles. The van der Waals surface area contributed by atoms with E-state index in [4.69, 9.17) is 4.42 Å². The van der Waals surface area contributed by atoms with Crippen molar-refractivity contribution in [3.05, 3.63) is 237 Å². The quantitative estimate of drug-likeness (QED) is 0.153. The van der Waals surface area contributed by atoms with Crippen molar-refractivity contribution in [1.29, 1.82) is 0 Å². The van der Waals surface area contributed by atoms with Crippen molar-refractivity contribution in [3.63, 3.8) is 0 Å².